The van der Waals surface area contributed by atoms with Gasteiger partial charge in [0.15, 0.2) is 5.15 Å². The van der Waals surface area contributed by atoms with Gasteiger partial charge in [0.1, 0.15) is 0 Å². The first-order valence-corrected chi connectivity index (χ1v) is 3.98. The van der Waals surface area contributed by atoms with Gasteiger partial charge in [-0.1, -0.05) is 25.4 Å². The summed E-state index contributed by atoms with van der Waals surface area (Å²) in [6.07, 6.45) is 0. The molecule has 0 aliphatic rings. The van der Waals surface area contributed by atoms with Crippen molar-refractivity contribution in [1.82, 2.24) is 10.2 Å². The van der Waals surface area contributed by atoms with Crippen LogP contribution in [0.15, 0.2) is 6.07 Å². The molecule has 2 nitrogen and oxygen atoms in total. The van der Waals surface area contributed by atoms with E-state index >= 15 is 0 Å². The van der Waals surface area contributed by atoms with E-state index in [-0.39, 0.29) is 0 Å². The highest BCUT2D eigenvalue weighted by molar-refractivity contribution is 6.29. The first-order chi connectivity index (χ1) is 5.11. The van der Waals surface area contributed by atoms with Gasteiger partial charge in [0.05, 0.1) is 5.69 Å². The minimum absolute atomic E-state index is 0.416. The van der Waals surface area contributed by atoms with E-state index in [1.807, 2.05) is 13.0 Å². The third kappa shape index (κ3) is 1.90. The fourth-order valence-electron chi connectivity index (χ4n) is 1.03. The number of aromatic nitrogens is 2. The van der Waals surface area contributed by atoms with E-state index in [0.717, 1.165) is 11.3 Å². The Morgan fingerprint density at radius 3 is 2.45 bits per heavy atom. The van der Waals surface area contributed by atoms with Crippen molar-refractivity contribution in [3.8, 4) is 0 Å². The normalized spacial score (nSPS) is 10.6. The Morgan fingerprint density at radius 1 is 1.36 bits per heavy atom. The first-order valence-electron chi connectivity index (χ1n) is 3.61. The molecule has 11 heavy (non-hydrogen) atoms. The summed E-state index contributed by atoms with van der Waals surface area (Å²) in [5.74, 6) is 0.416. The Morgan fingerprint density at radius 2 is 2.00 bits per heavy atom. The molecule has 0 spiro atoms. The second-order valence-corrected chi connectivity index (χ2v) is 3.28. The summed E-state index contributed by atoms with van der Waals surface area (Å²) in [6.45, 7) is 6.17. The fourth-order valence-corrected chi connectivity index (χ4v) is 1.23. The molecule has 0 aliphatic carbocycles. The summed E-state index contributed by atoms with van der Waals surface area (Å²) in [5.41, 5.74) is 2.13. The maximum atomic E-state index is 5.65. The lowest BCUT2D eigenvalue weighted by Crippen LogP contribution is -1.98. The van der Waals surface area contributed by atoms with Gasteiger partial charge in [-0.25, -0.2) is 0 Å². The predicted molar refractivity (Wildman–Crippen MR) is 45.9 cm³/mol. The zero-order valence-corrected chi connectivity index (χ0v) is 7.68. The molecule has 1 rings (SSSR count). The van der Waals surface area contributed by atoms with E-state index < -0.39 is 0 Å². The maximum absolute atomic E-state index is 5.65. The molecule has 0 saturated heterocycles. The third-order valence-electron chi connectivity index (χ3n) is 1.54. The molecule has 0 aromatic carbocycles. The molecule has 60 valence electrons. The van der Waals surface area contributed by atoms with Crippen LogP contribution in [0.1, 0.15) is 31.0 Å². The summed E-state index contributed by atoms with van der Waals surface area (Å²) in [5, 5.41) is 8.24. The Kier molecular flexibility index (Phi) is 2.45. The Balaban J connectivity index is 3.09. The molecule has 0 unspecified atom stereocenters. The monoisotopic (exact) mass is 170 g/mol. The van der Waals surface area contributed by atoms with Crippen LogP contribution < -0.4 is 0 Å². The molecule has 1 aromatic heterocycles. The first kappa shape index (κ1) is 8.47. The molecule has 3 heteroatoms. The maximum Gasteiger partial charge on any atom is 0.151 e. The number of halogens is 1. The molecule has 0 bridgehead atoms. The van der Waals surface area contributed by atoms with E-state index in [2.05, 4.69) is 24.0 Å². The van der Waals surface area contributed by atoms with E-state index in [1.165, 1.54) is 0 Å². The van der Waals surface area contributed by atoms with Crippen molar-refractivity contribution < 1.29 is 0 Å². The summed E-state index contributed by atoms with van der Waals surface area (Å²) in [7, 11) is 0. The summed E-state index contributed by atoms with van der Waals surface area (Å²) in [4.78, 5) is 0. The molecule has 0 radical (unpaired) electrons. The van der Waals surface area contributed by atoms with Crippen LogP contribution in [0.3, 0.4) is 0 Å². The van der Waals surface area contributed by atoms with Crippen LogP contribution in [-0.2, 0) is 0 Å². The van der Waals surface area contributed by atoms with Gasteiger partial charge in [0.25, 0.3) is 0 Å². The van der Waals surface area contributed by atoms with Crippen LogP contribution in [0.2, 0.25) is 5.15 Å². The van der Waals surface area contributed by atoms with Crippen molar-refractivity contribution in [2.45, 2.75) is 26.7 Å². The van der Waals surface area contributed by atoms with Gasteiger partial charge in [0, 0.05) is 0 Å². The number of aryl methyl sites for hydroxylation is 1. The summed E-state index contributed by atoms with van der Waals surface area (Å²) >= 11 is 5.65. The second kappa shape index (κ2) is 3.18. The summed E-state index contributed by atoms with van der Waals surface area (Å²) < 4.78 is 0. The minimum atomic E-state index is 0.416. The van der Waals surface area contributed by atoms with Crippen LogP contribution in [0.25, 0.3) is 0 Å². The highest BCUT2D eigenvalue weighted by atomic mass is 35.5. The Labute approximate surface area is 71.6 Å². The van der Waals surface area contributed by atoms with Crippen molar-refractivity contribution in [3.05, 3.63) is 22.5 Å². The van der Waals surface area contributed by atoms with E-state index in [4.69, 9.17) is 11.6 Å². The molecule has 0 fully saturated rings. The number of nitrogens with zero attached hydrogens (tertiary/aromatic N) is 2. The highest BCUT2D eigenvalue weighted by Gasteiger charge is 2.05. The molecule has 1 heterocycles. The lowest BCUT2D eigenvalue weighted by Gasteiger charge is -2.05. The van der Waals surface area contributed by atoms with Gasteiger partial charge in [-0.15, -0.1) is 5.10 Å². The van der Waals surface area contributed by atoms with Gasteiger partial charge in [-0.2, -0.15) is 5.10 Å². The lowest BCUT2D eigenvalue weighted by atomic mass is 10.1. The molecule has 0 aliphatic heterocycles. The lowest BCUT2D eigenvalue weighted by molar-refractivity contribution is 0.774. The third-order valence-corrected chi connectivity index (χ3v) is 1.72. The smallest absolute Gasteiger partial charge is 0.151 e. The quantitative estimate of drug-likeness (QED) is 0.648. The zero-order valence-electron chi connectivity index (χ0n) is 6.93. The van der Waals surface area contributed by atoms with Crippen LogP contribution in [0, 0.1) is 6.92 Å². The predicted octanol–water partition coefficient (Wildman–Crippen LogP) is 2.56. The second-order valence-electron chi connectivity index (χ2n) is 2.89. The van der Waals surface area contributed by atoms with E-state index in [0.29, 0.717) is 11.1 Å². The minimum Gasteiger partial charge on any atom is -0.154 e. The Bertz CT molecular complexity index is 258. The largest absolute Gasteiger partial charge is 0.154 e. The molecule has 0 atom stereocenters. The van der Waals surface area contributed by atoms with Gasteiger partial charge >= 0.3 is 0 Å². The topological polar surface area (TPSA) is 25.8 Å². The number of hydrogen-bond donors (Lipinski definition) is 0. The SMILES string of the molecule is Cc1cc(Cl)nnc1C(C)C. The van der Waals surface area contributed by atoms with Crippen molar-refractivity contribution in [2.75, 3.05) is 0 Å². The molecule has 0 saturated carbocycles. The Hall–Kier alpha value is -0.630. The van der Waals surface area contributed by atoms with Gasteiger partial charge in [0.2, 0.25) is 0 Å². The van der Waals surface area contributed by atoms with Crippen molar-refractivity contribution in [1.29, 1.82) is 0 Å². The average molecular weight is 171 g/mol. The van der Waals surface area contributed by atoms with E-state index in [1.54, 1.807) is 0 Å². The number of rotatable bonds is 1. The number of hydrogen-bond acceptors (Lipinski definition) is 2. The van der Waals surface area contributed by atoms with Crippen LogP contribution >= 0.6 is 11.6 Å². The van der Waals surface area contributed by atoms with Gasteiger partial charge < -0.3 is 0 Å². The standard InChI is InChI=1S/C8H11ClN2/c1-5(2)8-6(3)4-7(9)10-11-8/h4-5H,1-3H3. The molecular weight excluding hydrogens is 160 g/mol. The van der Waals surface area contributed by atoms with Crippen LogP contribution in [0.5, 0.6) is 0 Å². The van der Waals surface area contributed by atoms with Crippen molar-refractivity contribution in [3.63, 3.8) is 0 Å². The average Bonchev–Trinajstić information content (AvgIpc) is 1.85. The van der Waals surface area contributed by atoms with Gasteiger partial charge in [-0.05, 0) is 24.5 Å². The van der Waals surface area contributed by atoms with Crippen molar-refractivity contribution in [2.24, 2.45) is 0 Å². The zero-order chi connectivity index (χ0) is 8.43. The van der Waals surface area contributed by atoms with Crippen molar-refractivity contribution >= 4 is 11.6 Å². The fraction of sp³-hybridized carbons (Fsp3) is 0.500. The molecule has 1 aromatic rings. The highest BCUT2D eigenvalue weighted by Crippen LogP contribution is 2.16. The molecule has 0 N–H and O–H groups in total. The molecular formula is C8H11ClN2. The summed E-state index contributed by atoms with van der Waals surface area (Å²) in [6, 6.07) is 1.84. The van der Waals surface area contributed by atoms with Crippen LogP contribution in [0.4, 0.5) is 0 Å². The molecule has 0 amide bonds. The van der Waals surface area contributed by atoms with Gasteiger partial charge in [-0.3, -0.25) is 0 Å². The van der Waals surface area contributed by atoms with E-state index in [9.17, 15) is 0 Å². The van der Waals surface area contributed by atoms with Crippen LogP contribution in [-0.4, -0.2) is 10.2 Å².